The Morgan fingerprint density at radius 1 is 0.439 bits per heavy atom. The molecule has 0 aromatic heterocycles. The van der Waals surface area contributed by atoms with E-state index in [1.165, 1.54) is 180 Å². The molecule has 0 saturated heterocycles. The highest BCUT2D eigenvalue weighted by Crippen LogP contribution is 2.38. The number of amides is 1. The van der Waals surface area contributed by atoms with Gasteiger partial charge in [-0.25, -0.2) is 0 Å². The van der Waals surface area contributed by atoms with Crippen LogP contribution < -0.4 is 10.2 Å². The summed E-state index contributed by atoms with van der Waals surface area (Å²) in [5.74, 6) is -0.552. The monoisotopic (exact) mass is 1170 g/mol. The molecule has 0 fully saturated rings. The molecule has 0 rings (SSSR count). The van der Waals surface area contributed by atoms with Crippen LogP contribution in [0.4, 0.5) is 0 Å². The second-order valence-corrected chi connectivity index (χ2v) is 26.1. The molecule has 10 heteroatoms. The third kappa shape index (κ3) is 62.0. The smallest absolute Gasteiger partial charge is 0.306 e. The molecule has 0 spiro atoms. The maximum atomic E-state index is 13.6. The van der Waals surface area contributed by atoms with Gasteiger partial charge in [0.25, 0.3) is 7.82 Å². The van der Waals surface area contributed by atoms with E-state index in [0.717, 1.165) is 103 Å². The van der Waals surface area contributed by atoms with E-state index in [2.05, 4.69) is 86.8 Å². The Kier molecular flexibility index (Phi) is 59.6. The number of esters is 1. The van der Waals surface area contributed by atoms with Gasteiger partial charge in [-0.05, 0) is 76.7 Å². The first-order chi connectivity index (χ1) is 39.9. The Morgan fingerprint density at radius 2 is 0.780 bits per heavy atom. The number of hydrogen-bond donors (Lipinski definition) is 1. The van der Waals surface area contributed by atoms with Crippen molar-refractivity contribution < 1.29 is 37.3 Å². The number of phosphoric ester groups is 1. The number of hydrogen-bond acceptors (Lipinski definition) is 7. The molecule has 0 aliphatic heterocycles. The van der Waals surface area contributed by atoms with Crippen LogP contribution in [0.15, 0.2) is 72.9 Å². The molecular weight excluding hydrogens is 1040 g/mol. The first-order valence-corrected chi connectivity index (χ1v) is 36.2. The lowest BCUT2D eigenvalue weighted by atomic mass is 10.0. The van der Waals surface area contributed by atoms with Crippen LogP contribution in [0.3, 0.4) is 0 Å². The zero-order chi connectivity index (χ0) is 60.0. The van der Waals surface area contributed by atoms with Crippen molar-refractivity contribution >= 4 is 19.7 Å². The fourth-order valence-electron chi connectivity index (χ4n) is 10.1. The minimum atomic E-state index is -4.71. The number of likely N-dealkylation sites (N-methyl/N-ethyl adjacent to an activating group) is 1. The van der Waals surface area contributed by atoms with Gasteiger partial charge in [-0.3, -0.25) is 14.2 Å². The van der Waals surface area contributed by atoms with Crippen molar-refractivity contribution in [2.75, 3.05) is 40.9 Å². The fraction of sp³-hybridized carbons (Fsp3) is 0.806. The molecule has 0 aliphatic rings. The summed E-state index contributed by atoms with van der Waals surface area (Å²) in [4.78, 5) is 40.1. The average molecular weight is 1170 g/mol. The number of rotatable bonds is 63. The third-order valence-corrected chi connectivity index (χ3v) is 16.4. The Morgan fingerprint density at radius 3 is 1.17 bits per heavy atom. The van der Waals surface area contributed by atoms with Crippen LogP contribution in [0.5, 0.6) is 0 Å². The summed E-state index contributed by atoms with van der Waals surface area (Å²) in [5.41, 5.74) is 0. The first kappa shape index (κ1) is 79.5. The van der Waals surface area contributed by atoms with Crippen LogP contribution in [0.25, 0.3) is 0 Å². The largest absolute Gasteiger partial charge is 0.756 e. The number of nitrogens with zero attached hydrogens (tertiary/aromatic N) is 1. The van der Waals surface area contributed by atoms with Gasteiger partial charge in [0.2, 0.25) is 5.91 Å². The van der Waals surface area contributed by atoms with Gasteiger partial charge in [0.15, 0.2) is 0 Å². The molecule has 478 valence electrons. The van der Waals surface area contributed by atoms with E-state index >= 15 is 0 Å². The van der Waals surface area contributed by atoms with Gasteiger partial charge in [-0.1, -0.05) is 306 Å². The molecule has 3 atom stereocenters. The highest BCUT2D eigenvalue weighted by atomic mass is 31.2. The van der Waals surface area contributed by atoms with Crippen molar-refractivity contribution in [2.45, 2.75) is 335 Å². The third-order valence-electron chi connectivity index (χ3n) is 15.4. The quantitative estimate of drug-likeness (QED) is 0.0212. The molecule has 0 saturated carbocycles. The maximum absolute atomic E-state index is 13.6. The highest BCUT2D eigenvalue weighted by Gasteiger charge is 2.27. The van der Waals surface area contributed by atoms with E-state index < -0.39 is 26.6 Å². The van der Waals surface area contributed by atoms with Crippen molar-refractivity contribution in [3.05, 3.63) is 72.9 Å². The summed E-state index contributed by atoms with van der Waals surface area (Å²) >= 11 is 0. The van der Waals surface area contributed by atoms with E-state index in [4.69, 9.17) is 13.8 Å². The lowest BCUT2D eigenvalue weighted by Gasteiger charge is -2.30. The first-order valence-electron chi connectivity index (χ1n) is 34.7. The van der Waals surface area contributed by atoms with Crippen LogP contribution in [0, 0.1) is 0 Å². The molecular formula is C72H133N2O7P. The lowest BCUT2D eigenvalue weighted by Crippen LogP contribution is -2.47. The minimum Gasteiger partial charge on any atom is -0.756 e. The molecule has 1 amide bonds. The van der Waals surface area contributed by atoms with Crippen LogP contribution >= 0.6 is 7.82 Å². The summed E-state index contributed by atoms with van der Waals surface area (Å²) in [7, 11) is 1.17. The number of nitrogens with one attached hydrogen (secondary N) is 1. The maximum Gasteiger partial charge on any atom is 0.306 e. The molecule has 0 aromatic carbocycles. The van der Waals surface area contributed by atoms with Crippen molar-refractivity contribution in [1.29, 1.82) is 0 Å². The van der Waals surface area contributed by atoms with Gasteiger partial charge in [-0.15, -0.1) is 0 Å². The van der Waals surface area contributed by atoms with Gasteiger partial charge >= 0.3 is 5.97 Å². The number of ether oxygens (including phenoxy) is 1. The van der Waals surface area contributed by atoms with E-state index in [1.54, 1.807) is 0 Å². The fourth-order valence-corrected chi connectivity index (χ4v) is 10.8. The minimum absolute atomic E-state index is 0.0274. The summed E-state index contributed by atoms with van der Waals surface area (Å²) < 4.78 is 30.4. The van der Waals surface area contributed by atoms with Crippen molar-refractivity contribution in [1.82, 2.24) is 5.32 Å². The molecule has 82 heavy (non-hydrogen) atoms. The summed E-state index contributed by atoms with van der Waals surface area (Å²) in [6.45, 7) is 6.75. The van der Waals surface area contributed by atoms with Gasteiger partial charge in [0.1, 0.15) is 19.3 Å². The van der Waals surface area contributed by atoms with E-state index in [0.29, 0.717) is 23.9 Å². The Labute approximate surface area is 508 Å². The highest BCUT2D eigenvalue weighted by molar-refractivity contribution is 7.45. The van der Waals surface area contributed by atoms with Gasteiger partial charge < -0.3 is 28.5 Å². The number of phosphoric acid groups is 1. The van der Waals surface area contributed by atoms with Gasteiger partial charge in [0, 0.05) is 12.8 Å². The molecule has 3 unspecified atom stereocenters. The standard InChI is InChI=1S/C72H133N2O7P/c1-7-10-13-16-19-22-25-28-30-32-34-36-37-39-41-43-45-47-50-53-56-59-62-65-72(76)81-70(63-60-57-54-51-48-27-24-21-18-15-12-9-3)69(68-80-82(77,78)79-67-66-74(4,5)6)73-71(75)64-61-58-55-52-49-46-44-42-40-38-35-33-31-29-26-23-20-17-14-11-8-2/h11,14,20,23,29,31,35,38,42,44,60,63,69-70H,7-10,12-13,15-19,21-22,24-28,30,32-34,36-37,39-41,43,45-59,61-62,64-68H2,1-6H3,(H-,73,75,77,78)/b14-11-,23-20-,31-29-,38-35-,44-42-,63-60+. The lowest BCUT2D eigenvalue weighted by molar-refractivity contribution is -0.870. The normalized spacial score (nSPS) is 14.0. The zero-order valence-corrected chi connectivity index (χ0v) is 55.6. The van der Waals surface area contributed by atoms with E-state index in [9.17, 15) is 19.0 Å². The number of quaternary nitrogens is 1. The van der Waals surface area contributed by atoms with Crippen LogP contribution in [-0.4, -0.2) is 69.4 Å². The van der Waals surface area contributed by atoms with Crippen LogP contribution in [0.2, 0.25) is 0 Å². The number of unbranched alkanes of at least 4 members (excludes halogenated alkanes) is 37. The number of carbonyl (C=O) groups excluding carboxylic acids is 2. The predicted molar refractivity (Wildman–Crippen MR) is 353 cm³/mol. The Bertz CT molecular complexity index is 1630. The molecule has 1 N–H and O–H groups in total. The second-order valence-electron chi connectivity index (χ2n) is 24.7. The average Bonchev–Trinajstić information content (AvgIpc) is 3.44. The SMILES string of the molecule is CC/C=C\C/C=C\C/C=C\C/C=C\C/C=C\CCCCCCCC(=O)NC(COP(=O)([O-])OCC[N+](C)(C)C)C(/C=C/CCCCCCCCCCCC)OC(=O)CCCCCCCCCCCCCCCCCCCCCCCCC. The Hall–Kier alpha value is -2.55. The van der Waals surface area contributed by atoms with E-state index in [-0.39, 0.29) is 24.9 Å². The summed E-state index contributed by atoms with van der Waals surface area (Å²) in [6, 6.07) is -0.900. The molecule has 0 heterocycles. The molecule has 0 bridgehead atoms. The molecule has 0 aromatic rings. The van der Waals surface area contributed by atoms with E-state index in [1.807, 2.05) is 33.3 Å². The zero-order valence-electron chi connectivity index (χ0n) is 54.7. The van der Waals surface area contributed by atoms with Crippen molar-refractivity contribution in [3.8, 4) is 0 Å². The van der Waals surface area contributed by atoms with Crippen molar-refractivity contribution in [2.24, 2.45) is 0 Å². The molecule has 0 aliphatic carbocycles. The second kappa shape index (κ2) is 61.5. The summed E-state index contributed by atoms with van der Waals surface area (Å²) in [5, 5.41) is 3.03. The van der Waals surface area contributed by atoms with Gasteiger partial charge in [-0.2, -0.15) is 0 Å². The van der Waals surface area contributed by atoms with Crippen molar-refractivity contribution in [3.63, 3.8) is 0 Å². The Balaban J connectivity index is 5.12. The molecule has 0 radical (unpaired) electrons. The predicted octanol–water partition coefficient (Wildman–Crippen LogP) is 21.3. The van der Waals surface area contributed by atoms with Crippen LogP contribution in [-0.2, 0) is 27.9 Å². The topological polar surface area (TPSA) is 114 Å². The number of allylic oxidation sites excluding steroid dienone is 11. The summed E-state index contributed by atoms with van der Waals surface area (Å²) in [6.07, 6.45) is 80.2. The van der Waals surface area contributed by atoms with Crippen LogP contribution in [0.1, 0.15) is 323 Å². The number of carbonyl (C=O) groups is 2. The van der Waals surface area contributed by atoms with Gasteiger partial charge in [0.05, 0.1) is 33.8 Å². The molecule has 9 nitrogen and oxygen atoms in total.